The van der Waals surface area contributed by atoms with Gasteiger partial charge in [-0.1, -0.05) is 28.9 Å². The van der Waals surface area contributed by atoms with Gasteiger partial charge in [0.2, 0.25) is 5.82 Å². The maximum absolute atomic E-state index is 13.6. The molecule has 112 valence electrons. The fourth-order valence-corrected chi connectivity index (χ4v) is 2.11. The Hall–Kier alpha value is -2.40. The molecule has 0 amide bonds. The second-order valence-electron chi connectivity index (χ2n) is 4.75. The third kappa shape index (κ3) is 3.26. The number of ether oxygens (including phenoxy) is 1. The molecule has 6 heteroatoms. The lowest BCUT2D eigenvalue weighted by atomic mass is 10.2. The summed E-state index contributed by atoms with van der Waals surface area (Å²) < 4.78 is 24.1. The lowest BCUT2D eigenvalue weighted by Crippen LogP contribution is -1.99. The Labute approximate surface area is 131 Å². The Morgan fingerprint density at radius 3 is 2.91 bits per heavy atom. The van der Waals surface area contributed by atoms with E-state index in [1.165, 1.54) is 6.07 Å². The minimum atomic E-state index is -0.427. The van der Waals surface area contributed by atoms with Crippen LogP contribution in [0.2, 0.25) is 5.02 Å². The molecule has 0 atom stereocenters. The van der Waals surface area contributed by atoms with Gasteiger partial charge in [-0.15, -0.1) is 0 Å². The monoisotopic (exact) mass is 318 g/mol. The molecule has 0 saturated heterocycles. The van der Waals surface area contributed by atoms with Gasteiger partial charge in [-0.2, -0.15) is 4.98 Å². The van der Waals surface area contributed by atoms with Gasteiger partial charge >= 0.3 is 0 Å². The average Bonchev–Trinajstić information content (AvgIpc) is 2.97. The van der Waals surface area contributed by atoms with E-state index < -0.39 is 5.82 Å². The maximum Gasteiger partial charge on any atom is 0.258 e. The molecule has 0 aliphatic heterocycles. The van der Waals surface area contributed by atoms with E-state index in [9.17, 15) is 4.39 Å². The fourth-order valence-electron chi connectivity index (χ4n) is 1.91. The molecule has 22 heavy (non-hydrogen) atoms. The highest BCUT2D eigenvalue weighted by atomic mass is 35.5. The first-order valence-corrected chi connectivity index (χ1v) is 6.97. The van der Waals surface area contributed by atoms with E-state index >= 15 is 0 Å². The minimum absolute atomic E-state index is 0.0183. The van der Waals surface area contributed by atoms with E-state index in [1.54, 1.807) is 30.3 Å². The molecule has 0 aliphatic rings. The largest absolute Gasteiger partial charge is 0.482 e. The lowest BCUT2D eigenvalue weighted by Gasteiger charge is -2.05. The molecule has 0 saturated carbocycles. The molecular weight excluding hydrogens is 307 g/mol. The van der Waals surface area contributed by atoms with E-state index in [0.717, 1.165) is 5.56 Å². The molecule has 0 bridgehead atoms. The van der Waals surface area contributed by atoms with E-state index in [0.29, 0.717) is 22.3 Å². The number of rotatable bonds is 4. The highest BCUT2D eigenvalue weighted by Gasteiger charge is 2.11. The van der Waals surface area contributed by atoms with Crippen LogP contribution in [-0.2, 0) is 6.61 Å². The smallest absolute Gasteiger partial charge is 0.258 e. The summed E-state index contributed by atoms with van der Waals surface area (Å²) in [5, 5.41) is 4.39. The Morgan fingerprint density at radius 2 is 2.09 bits per heavy atom. The highest BCUT2D eigenvalue weighted by molar-refractivity contribution is 6.30. The maximum atomic E-state index is 13.6. The molecular formula is C16H12ClFN2O2. The van der Waals surface area contributed by atoms with Gasteiger partial charge in [0, 0.05) is 10.6 Å². The lowest BCUT2D eigenvalue weighted by molar-refractivity contribution is 0.273. The number of benzene rings is 2. The van der Waals surface area contributed by atoms with Crippen LogP contribution in [0.15, 0.2) is 47.0 Å². The topological polar surface area (TPSA) is 48.2 Å². The normalized spacial score (nSPS) is 10.7. The SMILES string of the molecule is Cc1ccc(F)c(OCc2noc(-c3cccc(Cl)c3)n2)c1. The Bertz CT molecular complexity index is 804. The summed E-state index contributed by atoms with van der Waals surface area (Å²) in [6.45, 7) is 1.88. The van der Waals surface area contributed by atoms with Crippen molar-refractivity contribution in [3.63, 3.8) is 0 Å². The van der Waals surface area contributed by atoms with Crippen molar-refractivity contribution < 1.29 is 13.7 Å². The Morgan fingerprint density at radius 1 is 1.23 bits per heavy atom. The second-order valence-corrected chi connectivity index (χ2v) is 5.19. The van der Waals surface area contributed by atoms with Crippen LogP contribution in [0.25, 0.3) is 11.5 Å². The van der Waals surface area contributed by atoms with Gasteiger partial charge in [-0.05, 0) is 42.8 Å². The van der Waals surface area contributed by atoms with Crippen LogP contribution in [0.4, 0.5) is 4.39 Å². The standard InChI is InChI=1S/C16H12ClFN2O2/c1-10-5-6-13(18)14(7-10)21-9-15-19-16(22-20-15)11-3-2-4-12(17)8-11/h2-8H,9H2,1H3. The minimum Gasteiger partial charge on any atom is -0.482 e. The number of halogens is 2. The van der Waals surface area contributed by atoms with Crippen LogP contribution in [0.3, 0.4) is 0 Å². The average molecular weight is 319 g/mol. The number of nitrogens with zero attached hydrogens (tertiary/aromatic N) is 2. The Balaban J connectivity index is 1.73. The summed E-state index contributed by atoms with van der Waals surface area (Å²) >= 11 is 5.92. The molecule has 0 N–H and O–H groups in total. The number of hydrogen-bond acceptors (Lipinski definition) is 4. The van der Waals surface area contributed by atoms with Crippen molar-refractivity contribution >= 4 is 11.6 Å². The summed E-state index contributed by atoms with van der Waals surface area (Å²) in [7, 11) is 0. The van der Waals surface area contributed by atoms with Gasteiger partial charge in [-0.3, -0.25) is 0 Å². The summed E-state index contributed by atoms with van der Waals surface area (Å²) in [5.74, 6) is 0.403. The Kier molecular flexibility index (Phi) is 4.06. The first kappa shape index (κ1) is 14.5. The molecule has 1 aromatic heterocycles. The first-order chi connectivity index (χ1) is 10.6. The van der Waals surface area contributed by atoms with Crippen LogP contribution in [0.1, 0.15) is 11.4 Å². The summed E-state index contributed by atoms with van der Waals surface area (Å²) in [4.78, 5) is 4.20. The van der Waals surface area contributed by atoms with Gasteiger partial charge in [0.25, 0.3) is 5.89 Å². The summed E-state index contributed by atoms with van der Waals surface area (Å²) in [5.41, 5.74) is 1.62. The van der Waals surface area contributed by atoms with Crippen molar-refractivity contribution in [2.45, 2.75) is 13.5 Å². The number of aryl methyl sites for hydroxylation is 1. The number of aromatic nitrogens is 2. The van der Waals surface area contributed by atoms with Crippen LogP contribution in [-0.4, -0.2) is 10.1 Å². The van der Waals surface area contributed by atoms with Crippen molar-refractivity contribution in [1.29, 1.82) is 0 Å². The van der Waals surface area contributed by atoms with E-state index in [-0.39, 0.29) is 12.4 Å². The molecule has 3 rings (SSSR count). The third-order valence-electron chi connectivity index (χ3n) is 2.98. The zero-order valence-electron chi connectivity index (χ0n) is 11.7. The fraction of sp³-hybridized carbons (Fsp3) is 0.125. The van der Waals surface area contributed by atoms with Crippen LogP contribution < -0.4 is 4.74 Å². The summed E-state index contributed by atoms with van der Waals surface area (Å²) in [6.07, 6.45) is 0. The zero-order chi connectivity index (χ0) is 15.5. The molecule has 0 fully saturated rings. The van der Waals surface area contributed by atoms with Crippen molar-refractivity contribution in [2.24, 2.45) is 0 Å². The first-order valence-electron chi connectivity index (χ1n) is 6.59. The van der Waals surface area contributed by atoms with Crippen molar-refractivity contribution in [2.75, 3.05) is 0 Å². The van der Waals surface area contributed by atoms with Crippen LogP contribution in [0, 0.1) is 12.7 Å². The van der Waals surface area contributed by atoms with Crippen molar-refractivity contribution in [3.05, 3.63) is 64.7 Å². The van der Waals surface area contributed by atoms with E-state index in [2.05, 4.69) is 10.1 Å². The van der Waals surface area contributed by atoms with E-state index in [4.69, 9.17) is 20.9 Å². The molecule has 0 aliphatic carbocycles. The van der Waals surface area contributed by atoms with Gasteiger partial charge in [0.15, 0.2) is 18.2 Å². The van der Waals surface area contributed by atoms with E-state index in [1.807, 2.05) is 13.0 Å². The van der Waals surface area contributed by atoms with Gasteiger partial charge in [0.05, 0.1) is 0 Å². The van der Waals surface area contributed by atoms with Crippen LogP contribution in [0.5, 0.6) is 5.75 Å². The quantitative estimate of drug-likeness (QED) is 0.714. The molecule has 4 nitrogen and oxygen atoms in total. The molecule has 0 radical (unpaired) electrons. The number of hydrogen-bond donors (Lipinski definition) is 0. The molecule has 2 aromatic carbocycles. The van der Waals surface area contributed by atoms with Crippen molar-refractivity contribution in [3.8, 4) is 17.2 Å². The van der Waals surface area contributed by atoms with Gasteiger partial charge in [-0.25, -0.2) is 4.39 Å². The molecule has 0 unspecified atom stereocenters. The summed E-state index contributed by atoms with van der Waals surface area (Å²) in [6, 6.07) is 11.7. The predicted molar refractivity (Wildman–Crippen MR) is 80.2 cm³/mol. The third-order valence-corrected chi connectivity index (χ3v) is 3.22. The molecule has 0 spiro atoms. The second kappa shape index (κ2) is 6.15. The highest BCUT2D eigenvalue weighted by Crippen LogP contribution is 2.22. The van der Waals surface area contributed by atoms with Crippen LogP contribution >= 0.6 is 11.6 Å². The van der Waals surface area contributed by atoms with Gasteiger partial charge < -0.3 is 9.26 Å². The molecule has 1 heterocycles. The predicted octanol–water partition coefficient (Wildman–Crippen LogP) is 4.42. The molecule has 3 aromatic rings. The zero-order valence-corrected chi connectivity index (χ0v) is 12.5. The van der Waals surface area contributed by atoms with Crippen molar-refractivity contribution in [1.82, 2.24) is 10.1 Å². The van der Waals surface area contributed by atoms with Gasteiger partial charge in [0.1, 0.15) is 0 Å².